The Morgan fingerprint density at radius 3 is 2.83 bits per heavy atom. The predicted molar refractivity (Wildman–Crippen MR) is 129 cm³/mol. The lowest BCUT2D eigenvalue weighted by atomic mass is 9.57. The number of fused-ring (bicyclic) bond motifs is 1. The average Bonchev–Trinajstić information content (AvgIpc) is 3.33. The van der Waals surface area contributed by atoms with E-state index in [0.717, 1.165) is 55.0 Å². The van der Waals surface area contributed by atoms with Crippen LogP contribution >= 0.6 is 35.6 Å². The maximum atomic E-state index is 6.21. The van der Waals surface area contributed by atoms with E-state index in [4.69, 9.17) is 21.1 Å². The molecule has 4 atom stereocenters. The molecule has 1 aliphatic carbocycles. The van der Waals surface area contributed by atoms with E-state index < -0.39 is 0 Å². The molecule has 8 heteroatoms. The van der Waals surface area contributed by atoms with Crippen molar-refractivity contribution in [3.63, 3.8) is 0 Å². The molecule has 0 spiro atoms. The molecule has 1 aromatic carbocycles. The van der Waals surface area contributed by atoms with E-state index in [-0.39, 0.29) is 29.4 Å². The average molecular weight is 535 g/mol. The second-order valence-electron chi connectivity index (χ2n) is 8.65. The van der Waals surface area contributed by atoms with Crippen molar-refractivity contribution in [2.24, 2.45) is 16.3 Å². The molecule has 1 saturated carbocycles. The lowest BCUT2D eigenvalue weighted by Gasteiger charge is -2.55. The van der Waals surface area contributed by atoms with Crippen LogP contribution in [0.1, 0.15) is 26.7 Å². The number of hydrogen-bond acceptors (Lipinski definition) is 4. The number of halogens is 2. The van der Waals surface area contributed by atoms with E-state index in [9.17, 15) is 0 Å². The Balaban J connectivity index is 0.00000240. The van der Waals surface area contributed by atoms with Gasteiger partial charge in [-0.3, -0.25) is 4.99 Å². The summed E-state index contributed by atoms with van der Waals surface area (Å²) in [5.41, 5.74) is 1.18. The van der Waals surface area contributed by atoms with Gasteiger partial charge in [-0.1, -0.05) is 25.4 Å². The van der Waals surface area contributed by atoms with Crippen molar-refractivity contribution in [3.8, 4) is 5.75 Å². The summed E-state index contributed by atoms with van der Waals surface area (Å²) in [6, 6.07) is 6.50. The molecule has 1 aromatic rings. The van der Waals surface area contributed by atoms with E-state index in [2.05, 4.69) is 34.4 Å². The minimum atomic E-state index is 0. The Bertz CT molecular complexity index is 760. The molecule has 3 aliphatic rings. The molecule has 4 unspecified atom stereocenters. The number of guanidine groups is 1. The number of benzene rings is 1. The zero-order valence-electron chi connectivity index (χ0n) is 17.6. The summed E-state index contributed by atoms with van der Waals surface area (Å²) in [6.07, 6.45) is 2.55. The molecule has 162 valence electrons. The monoisotopic (exact) mass is 534 g/mol. The van der Waals surface area contributed by atoms with Crippen molar-refractivity contribution in [2.45, 2.75) is 44.9 Å². The normalized spacial score (nSPS) is 30.2. The molecular formula is C21H32ClIN4O2. The molecule has 29 heavy (non-hydrogen) atoms. The van der Waals surface area contributed by atoms with Gasteiger partial charge in [0.05, 0.1) is 18.9 Å². The molecule has 2 aliphatic heterocycles. The summed E-state index contributed by atoms with van der Waals surface area (Å²) in [7, 11) is 3.54. The third kappa shape index (κ3) is 4.28. The molecule has 0 aromatic heterocycles. The summed E-state index contributed by atoms with van der Waals surface area (Å²) in [5, 5.41) is 8.02. The zero-order chi connectivity index (χ0) is 19.9. The molecule has 3 fully saturated rings. The molecule has 0 radical (unpaired) electrons. The van der Waals surface area contributed by atoms with Crippen LogP contribution in [0.15, 0.2) is 23.2 Å². The highest BCUT2D eigenvalue weighted by atomic mass is 127. The summed E-state index contributed by atoms with van der Waals surface area (Å²) < 4.78 is 11.4. The van der Waals surface area contributed by atoms with Crippen molar-refractivity contribution in [2.75, 3.05) is 38.8 Å². The lowest BCUT2D eigenvalue weighted by Crippen LogP contribution is -2.68. The second-order valence-corrected chi connectivity index (χ2v) is 9.09. The van der Waals surface area contributed by atoms with Crippen LogP contribution in [0, 0.1) is 11.3 Å². The third-order valence-corrected chi connectivity index (χ3v) is 6.86. The van der Waals surface area contributed by atoms with Crippen molar-refractivity contribution in [1.82, 2.24) is 10.6 Å². The SMILES string of the molecule is CN=C(NC1CCN(c2cc(Cl)ccc2OC)C1)NC1C2CCOC2C1(C)C.I. The van der Waals surface area contributed by atoms with Gasteiger partial charge in [0.2, 0.25) is 0 Å². The van der Waals surface area contributed by atoms with E-state index in [0.29, 0.717) is 24.1 Å². The number of nitrogens with one attached hydrogen (secondary N) is 2. The molecule has 4 rings (SSSR count). The summed E-state index contributed by atoms with van der Waals surface area (Å²) >= 11 is 6.21. The first-order chi connectivity index (χ1) is 13.4. The van der Waals surface area contributed by atoms with Gasteiger partial charge in [0.1, 0.15) is 5.75 Å². The van der Waals surface area contributed by atoms with Crippen LogP contribution < -0.4 is 20.3 Å². The standard InChI is InChI=1S/C21H31ClN4O2.HI/c1-21(2)18(15-8-10-28-19(15)21)25-20(23-3)24-14-7-9-26(12-14)16-11-13(22)5-6-17(16)27-4;/h5-6,11,14-15,18-19H,7-10,12H2,1-4H3,(H2,23,24,25);1H. The van der Waals surface area contributed by atoms with Crippen LogP contribution in [0.5, 0.6) is 5.75 Å². The van der Waals surface area contributed by atoms with Crippen LogP contribution in [0.2, 0.25) is 5.02 Å². The Morgan fingerprint density at radius 2 is 2.10 bits per heavy atom. The van der Waals surface area contributed by atoms with Gasteiger partial charge in [-0.15, -0.1) is 24.0 Å². The second kappa shape index (κ2) is 9.06. The lowest BCUT2D eigenvalue weighted by molar-refractivity contribution is -0.106. The van der Waals surface area contributed by atoms with Gasteiger partial charge in [0, 0.05) is 55.2 Å². The molecular weight excluding hydrogens is 503 g/mol. The highest BCUT2D eigenvalue weighted by Crippen LogP contribution is 2.52. The topological polar surface area (TPSA) is 58.1 Å². The number of methoxy groups -OCH3 is 1. The first kappa shape index (κ1) is 22.7. The van der Waals surface area contributed by atoms with Gasteiger partial charge in [0.15, 0.2) is 5.96 Å². The summed E-state index contributed by atoms with van der Waals surface area (Å²) in [6.45, 7) is 7.29. The largest absolute Gasteiger partial charge is 0.495 e. The highest BCUT2D eigenvalue weighted by molar-refractivity contribution is 14.0. The van der Waals surface area contributed by atoms with E-state index in [1.807, 2.05) is 25.2 Å². The van der Waals surface area contributed by atoms with Gasteiger partial charge in [-0.05, 0) is 31.0 Å². The molecule has 2 heterocycles. The van der Waals surface area contributed by atoms with E-state index in [1.165, 1.54) is 0 Å². The fraction of sp³-hybridized carbons (Fsp3) is 0.667. The Hall–Kier alpha value is -0.930. The smallest absolute Gasteiger partial charge is 0.191 e. The van der Waals surface area contributed by atoms with Crippen molar-refractivity contribution >= 4 is 47.2 Å². The van der Waals surface area contributed by atoms with E-state index >= 15 is 0 Å². The Kier molecular flexibility index (Phi) is 7.10. The van der Waals surface area contributed by atoms with Gasteiger partial charge < -0.3 is 25.0 Å². The van der Waals surface area contributed by atoms with Crippen molar-refractivity contribution in [1.29, 1.82) is 0 Å². The quantitative estimate of drug-likeness (QED) is 0.352. The maximum Gasteiger partial charge on any atom is 0.191 e. The zero-order valence-corrected chi connectivity index (χ0v) is 20.7. The predicted octanol–water partition coefficient (Wildman–Crippen LogP) is 3.52. The Morgan fingerprint density at radius 1 is 1.31 bits per heavy atom. The number of nitrogens with zero attached hydrogens (tertiary/aromatic N) is 2. The number of anilines is 1. The van der Waals surface area contributed by atoms with Crippen LogP contribution in [0.4, 0.5) is 5.69 Å². The van der Waals surface area contributed by atoms with Gasteiger partial charge in [-0.2, -0.15) is 0 Å². The maximum absolute atomic E-state index is 6.21. The van der Waals surface area contributed by atoms with E-state index in [1.54, 1.807) is 7.11 Å². The van der Waals surface area contributed by atoms with Crippen LogP contribution in [0.25, 0.3) is 0 Å². The Labute approximate surface area is 195 Å². The molecule has 2 N–H and O–H groups in total. The van der Waals surface area contributed by atoms with Gasteiger partial charge in [-0.25, -0.2) is 0 Å². The van der Waals surface area contributed by atoms with Gasteiger partial charge in [0.25, 0.3) is 0 Å². The molecule has 6 nitrogen and oxygen atoms in total. The molecule has 0 bridgehead atoms. The van der Waals surface area contributed by atoms with Crippen LogP contribution in [-0.4, -0.2) is 58.0 Å². The fourth-order valence-electron chi connectivity index (χ4n) is 5.14. The number of rotatable bonds is 4. The van der Waals surface area contributed by atoms with Crippen LogP contribution in [0.3, 0.4) is 0 Å². The summed E-state index contributed by atoms with van der Waals surface area (Å²) in [5.74, 6) is 2.33. The minimum absolute atomic E-state index is 0. The molecule has 0 amide bonds. The van der Waals surface area contributed by atoms with Crippen LogP contribution in [-0.2, 0) is 4.74 Å². The van der Waals surface area contributed by atoms with Gasteiger partial charge >= 0.3 is 0 Å². The number of aliphatic imine (C=N–C) groups is 1. The minimum Gasteiger partial charge on any atom is -0.495 e. The number of ether oxygens (including phenoxy) is 2. The molecule has 2 saturated heterocycles. The third-order valence-electron chi connectivity index (χ3n) is 6.63. The first-order valence-electron chi connectivity index (χ1n) is 10.1. The highest BCUT2D eigenvalue weighted by Gasteiger charge is 2.59. The number of hydrogen-bond donors (Lipinski definition) is 2. The summed E-state index contributed by atoms with van der Waals surface area (Å²) in [4.78, 5) is 6.81. The van der Waals surface area contributed by atoms with Crippen molar-refractivity contribution in [3.05, 3.63) is 23.2 Å². The first-order valence-corrected chi connectivity index (χ1v) is 10.5. The fourth-order valence-corrected chi connectivity index (χ4v) is 5.30. The van der Waals surface area contributed by atoms with Crippen molar-refractivity contribution < 1.29 is 9.47 Å².